The molecule has 0 saturated carbocycles. The highest BCUT2D eigenvalue weighted by molar-refractivity contribution is 5.96. The first-order valence-electron chi connectivity index (χ1n) is 9.97. The molecule has 1 aromatic heterocycles. The average molecular weight is 377 g/mol. The van der Waals surface area contributed by atoms with Gasteiger partial charge in [-0.2, -0.15) is 5.10 Å². The monoisotopic (exact) mass is 377 g/mol. The van der Waals surface area contributed by atoms with Gasteiger partial charge in [-0.05, 0) is 46.0 Å². The van der Waals surface area contributed by atoms with Crippen molar-refractivity contribution in [3.63, 3.8) is 0 Å². The molecule has 3 heterocycles. The van der Waals surface area contributed by atoms with Gasteiger partial charge in [0, 0.05) is 50.4 Å². The molecule has 27 heavy (non-hydrogen) atoms. The number of nitrogens with one attached hydrogen (secondary N) is 1. The highest BCUT2D eigenvalue weighted by Gasteiger charge is 2.34. The van der Waals surface area contributed by atoms with Crippen molar-refractivity contribution in [2.75, 3.05) is 26.4 Å². The van der Waals surface area contributed by atoms with Crippen LogP contribution in [0.3, 0.4) is 0 Å². The van der Waals surface area contributed by atoms with E-state index in [0.29, 0.717) is 37.0 Å². The Balaban J connectivity index is 1.56. The summed E-state index contributed by atoms with van der Waals surface area (Å²) in [6, 6.07) is 0.169. The lowest BCUT2D eigenvalue weighted by Gasteiger charge is -2.39. The van der Waals surface area contributed by atoms with E-state index in [1.54, 1.807) is 11.6 Å². The number of aromatic nitrogens is 2. The number of nitrogens with zero attached hydrogens (tertiary/aromatic N) is 2. The molecule has 7 nitrogen and oxygen atoms in total. The van der Waals surface area contributed by atoms with Crippen LogP contribution in [0.25, 0.3) is 0 Å². The predicted octanol–water partition coefficient (Wildman–Crippen LogP) is 2.04. The molecule has 0 spiro atoms. The third kappa shape index (κ3) is 4.76. The van der Waals surface area contributed by atoms with Crippen molar-refractivity contribution in [2.45, 2.75) is 59.0 Å². The maximum absolute atomic E-state index is 12.6. The molecule has 3 rings (SSSR count). The van der Waals surface area contributed by atoms with Crippen LogP contribution in [0.2, 0.25) is 0 Å². The maximum atomic E-state index is 12.6. The Morgan fingerprint density at radius 1 is 1.15 bits per heavy atom. The molecule has 150 valence electrons. The molecule has 2 saturated heterocycles. The number of ketones is 1. The minimum atomic E-state index is 0.0159. The molecule has 1 amide bonds. The number of rotatable bonds is 6. The molecular weight excluding hydrogens is 346 g/mol. The first-order chi connectivity index (χ1) is 13.0. The van der Waals surface area contributed by atoms with Crippen molar-refractivity contribution in [3.8, 4) is 0 Å². The van der Waals surface area contributed by atoms with Crippen LogP contribution < -0.4 is 5.32 Å². The van der Waals surface area contributed by atoms with Crippen LogP contribution in [0.15, 0.2) is 0 Å². The summed E-state index contributed by atoms with van der Waals surface area (Å²) in [6.07, 6.45) is 3.30. The lowest BCUT2D eigenvalue weighted by Crippen LogP contribution is -2.49. The van der Waals surface area contributed by atoms with E-state index >= 15 is 0 Å². The van der Waals surface area contributed by atoms with Gasteiger partial charge >= 0.3 is 0 Å². The quantitative estimate of drug-likeness (QED) is 0.767. The molecule has 2 fully saturated rings. The Morgan fingerprint density at radius 3 is 2.52 bits per heavy atom. The lowest BCUT2D eigenvalue weighted by atomic mass is 9.79. The van der Waals surface area contributed by atoms with Crippen LogP contribution in [-0.2, 0) is 20.8 Å². The number of carbonyl (C=O) groups is 2. The number of carbonyl (C=O) groups excluding carboxylic acids is 2. The fourth-order valence-electron chi connectivity index (χ4n) is 4.46. The molecule has 1 N–H and O–H groups in total. The zero-order valence-electron chi connectivity index (χ0n) is 16.6. The standard InChI is InChI=1S/C20H31N3O4/c1-13-20(15(3)24)14(2)23(22-13)8-4-19(25)21-18-7-11-27-12-17(18)16-5-9-26-10-6-16/h16-18H,4-12H2,1-3H3,(H,21,25)/t17-,18-/m0/s1. The van der Waals surface area contributed by atoms with E-state index in [9.17, 15) is 9.59 Å². The predicted molar refractivity (Wildman–Crippen MR) is 101 cm³/mol. The molecule has 1 aromatic rings. The van der Waals surface area contributed by atoms with Crippen molar-refractivity contribution < 1.29 is 19.1 Å². The van der Waals surface area contributed by atoms with Gasteiger partial charge in [0.25, 0.3) is 0 Å². The first-order valence-corrected chi connectivity index (χ1v) is 9.97. The molecular formula is C20H31N3O4. The summed E-state index contributed by atoms with van der Waals surface area (Å²) in [7, 11) is 0. The Kier molecular flexibility index (Phi) is 6.65. The third-order valence-electron chi connectivity index (χ3n) is 5.90. The van der Waals surface area contributed by atoms with Gasteiger partial charge in [-0.3, -0.25) is 14.3 Å². The van der Waals surface area contributed by atoms with Crippen molar-refractivity contribution in [2.24, 2.45) is 11.8 Å². The van der Waals surface area contributed by atoms with Crippen molar-refractivity contribution >= 4 is 11.7 Å². The Morgan fingerprint density at radius 2 is 1.85 bits per heavy atom. The largest absolute Gasteiger partial charge is 0.381 e. The smallest absolute Gasteiger partial charge is 0.222 e. The van der Waals surface area contributed by atoms with Crippen LogP contribution in [0, 0.1) is 25.7 Å². The molecule has 2 aliphatic heterocycles. The van der Waals surface area contributed by atoms with E-state index in [1.165, 1.54) is 0 Å². The molecule has 0 bridgehead atoms. The van der Waals surface area contributed by atoms with Gasteiger partial charge in [0.2, 0.25) is 5.91 Å². The van der Waals surface area contributed by atoms with Crippen LogP contribution >= 0.6 is 0 Å². The van der Waals surface area contributed by atoms with E-state index in [4.69, 9.17) is 9.47 Å². The highest BCUT2D eigenvalue weighted by atomic mass is 16.5. The lowest BCUT2D eigenvalue weighted by molar-refractivity contribution is -0.124. The number of hydrogen-bond donors (Lipinski definition) is 1. The fourth-order valence-corrected chi connectivity index (χ4v) is 4.46. The average Bonchev–Trinajstić information content (AvgIpc) is 2.95. The minimum absolute atomic E-state index is 0.0159. The SMILES string of the molecule is CC(=O)c1c(C)nn(CCC(=O)N[C@H]2CCOC[C@H]2C2CCOCC2)c1C. The Hall–Kier alpha value is -1.73. The normalized spacial score (nSPS) is 24.0. The van der Waals surface area contributed by atoms with E-state index < -0.39 is 0 Å². The maximum Gasteiger partial charge on any atom is 0.222 e. The van der Waals surface area contributed by atoms with Gasteiger partial charge in [-0.25, -0.2) is 0 Å². The zero-order valence-corrected chi connectivity index (χ0v) is 16.6. The summed E-state index contributed by atoms with van der Waals surface area (Å²) >= 11 is 0. The summed E-state index contributed by atoms with van der Waals surface area (Å²) < 4.78 is 12.9. The van der Waals surface area contributed by atoms with Crippen LogP contribution in [-0.4, -0.2) is 53.9 Å². The molecule has 0 radical (unpaired) electrons. The van der Waals surface area contributed by atoms with Crippen molar-refractivity contribution in [3.05, 3.63) is 17.0 Å². The number of amides is 1. The van der Waals surface area contributed by atoms with Crippen LogP contribution in [0.5, 0.6) is 0 Å². The second kappa shape index (κ2) is 8.97. The topological polar surface area (TPSA) is 82.5 Å². The van der Waals surface area contributed by atoms with Gasteiger partial charge in [-0.15, -0.1) is 0 Å². The van der Waals surface area contributed by atoms with Crippen molar-refractivity contribution in [1.82, 2.24) is 15.1 Å². The first kappa shape index (κ1) is 20.0. The van der Waals surface area contributed by atoms with E-state index in [1.807, 2.05) is 13.8 Å². The summed E-state index contributed by atoms with van der Waals surface area (Å²) in [6.45, 7) is 8.78. The van der Waals surface area contributed by atoms with Gasteiger partial charge in [0.05, 0.1) is 17.9 Å². The summed E-state index contributed by atoms with van der Waals surface area (Å²) in [5.41, 5.74) is 2.22. The molecule has 2 atom stereocenters. The van der Waals surface area contributed by atoms with Gasteiger partial charge in [-0.1, -0.05) is 0 Å². The minimum Gasteiger partial charge on any atom is -0.381 e. The summed E-state index contributed by atoms with van der Waals surface area (Å²) in [5, 5.41) is 7.65. The molecule has 0 aromatic carbocycles. The number of Topliss-reactive ketones (excluding diaryl/α,β-unsaturated/α-hetero) is 1. The molecule has 7 heteroatoms. The van der Waals surface area contributed by atoms with Crippen LogP contribution in [0.4, 0.5) is 0 Å². The Bertz CT molecular complexity index is 679. The van der Waals surface area contributed by atoms with E-state index in [0.717, 1.165) is 50.5 Å². The third-order valence-corrected chi connectivity index (χ3v) is 5.90. The number of aryl methyl sites for hydroxylation is 2. The second-order valence-corrected chi connectivity index (χ2v) is 7.73. The fraction of sp³-hybridized carbons (Fsp3) is 0.750. The van der Waals surface area contributed by atoms with E-state index in [2.05, 4.69) is 10.4 Å². The molecule has 2 aliphatic rings. The molecule has 0 unspecified atom stereocenters. The summed E-state index contributed by atoms with van der Waals surface area (Å²) in [5.74, 6) is 0.973. The summed E-state index contributed by atoms with van der Waals surface area (Å²) in [4.78, 5) is 24.3. The highest BCUT2D eigenvalue weighted by Crippen LogP contribution is 2.30. The number of hydrogen-bond acceptors (Lipinski definition) is 5. The van der Waals surface area contributed by atoms with Gasteiger partial charge < -0.3 is 14.8 Å². The second-order valence-electron chi connectivity index (χ2n) is 7.73. The molecule has 0 aliphatic carbocycles. The zero-order chi connectivity index (χ0) is 19.4. The van der Waals surface area contributed by atoms with E-state index in [-0.39, 0.29) is 17.7 Å². The van der Waals surface area contributed by atoms with Gasteiger partial charge in [0.15, 0.2) is 5.78 Å². The van der Waals surface area contributed by atoms with Gasteiger partial charge in [0.1, 0.15) is 0 Å². The van der Waals surface area contributed by atoms with Crippen LogP contribution in [0.1, 0.15) is 54.4 Å². The van der Waals surface area contributed by atoms with Crippen molar-refractivity contribution in [1.29, 1.82) is 0 Å². The Labute approximate surface area is 160 Å². The number of ether oxygens (including phenoxy) is 2.